The Morgan fingerprint density at radius 3 is 2.64 bits per heavy atom. The molecular formula is C10H21IN2S. The molecule has 1 aliphatic carbocycles. The third-order valence-corrected chi connectivity index (χ3v) is 3.22. The summed E-state index contributed by atoms with van der Waals surface area (Å²) in [5.41, 5.74) is 6.17. The van der Waals surface area contributed by atoms with E-state index in [1.54, 1.807) is 11.8 Å². The van der Waals surface area contributed by atoms with Gasteiger partial charge in [-0.05, 0) is 30.9 Å². The molecule has 4 heteroatoms. The summed E-state index contributed by atoms with van der Waals surface area (Å²) in [6.45, 7) is 4.65. The van der Waals surface area contributed by atoms with E-state index in [4.69, 9.17) is 5.73 Å². The third-order valence-electron chi connectivity index (χ3n) is 2.70. The van der Waals surface area contributed by atoms with Gasteiger partial charge in [0.05, 0.1) is 6.04 Å². The molecule has 0 heterocycles. The van der Waals surface area contributed by atoms with Crippen LogP contribution in [0, 0.1) is 5.41 Å². The zero-order valence-electron chi connectivity index (χ0n) is 9.25. The molecule has 1 fully saturated rings. The molecule has 1 unspecified atom stereocenters. The highest BCUT2D eigenvalue weighted by molar-refractivity contribution is 14.0. The Morgan fingerprint density at radius 2 is 2.14 bits per heavy atom. The van der Waals surface area contributed by atoms with Crippen molar-refractivity contribution < 1.29 is 0 Å². The van der Waals surface area contributed by atoms with Crippen LogP contribution in [-0.4, -0.2) is 17.5 Å². The summed E-state index contributed by atoms with van der Waals surface area (Å²) in [6.07, 6.45) is 7.01. The molecule has 1 aliphatic rings. The minimum absolute atomic E-state index is 0. The van der Waals surface area contributed by atoms with Gasteiger partial charge in [0.25, 0.3) is 0 Å². The summed E-state index contributed by atoms with van der Waals surface area (Å²) in [5, 5.41) is 0.739. The smallest absolute Gasteiger partial charge is 0.153 e. The van der Waals surface area contributed by atoms with Crippen molar-refractivity contribution in [2.45, 2.75) is 45.6 Å². The van der Waals surface area contributed by atoms with Crippen LogP contribution >= 0.6 is 35.7 Å². The number of halogens is 1. The average Bonchev–Trinajstić information content (AvgIpc) is 2.02. The summed E-state index contributed by atoms with van der Waals surface area (Å²) in [4.78, 5) is 4.51. The van der Waals surface area contributed by atoms with Crippen LogP contribution in [0.15, 0.2) is 4.99 Å². The van der Waals surface area contributed by atoms with Crippen molar-refractivity contribution in [3.63, 3.8) is 0 Å². The van der Waals surface area contributed by atoms with Gasteiger partial charge < -0.3 is 5.73 Å². The second kappa shape index (κ2) is 6.20. The van der Waals surface area contributed by atoms with E-state index in [2.05, 4.69) is 18.8 Å². The van der Waals surface area contributed by atoms with E-state index < -0.39 is 0 Å². The molecule has 1 rings (SSSR count). The fraction of sp³-hybridized carbons (Fsp3) is 0.900. The van der Waals surface area contributed by atoms with Gasteiger partial charge in [-0.25, -0.2) is 0 Å². The lowest BCUT2D eigenvalue weighted by Gasteiger charge is -2.33. The van der Waals surface area contributed by atoms with Crippen molar-refractivity contribution in [1.29, 1.82) is 0 Å². The minimum Gasteiger partial charge on any atom is -0.379 e. The maximum Gasteiger partial charge on any atom is 0.153 e. The highest BCUT2D eigenvalue weighted by Gasteiger charge is 2.27. The van der Waals surface area contributed by atoms with Crippen molar-refractivity contribution in [1.82, 2.24) is 0 Å². The predicted octanol–water partition coefficient (Wildman–Crippen LogP) is 3.25. The van der Waals surface area contributed by atoms with Crippen LogP contribution in [0.3, 0.4) is 0 Å². The Labute approximate surface area is 109 Å². The highest BCUT2D eigenvalue weighted by Crippen LogP contribution is 2.36. The predicted molar refractivity (Wildman–Crippen MR) is 76.6 cm³/mol. The van der Waals surface area contributed by atoms with Gasteiger partial charge >= 0.3 is 0 Å². The Kier molecular flexibility index (Phi) is 6.45. The summed E-state index contributed by atoms with van der Waals surface area (Å²) in [5.74, 6) is 0. The number of nitrogens with two attached hydrogens (primary N) is 1. The number of rotatable bonds is 1. The van der Waals surface area contributed by atoms with E-state index in [1.165, 1.54) is 25.7 Å². The second-order valence-electron chi connectivity index (χ2n) is 4.59. The molecule has 0 bridgehead atoms. The maximum atomic E-state index is 5.71. The van der Waals surface area contributed by atoms with Gasteiger partial charge in [-0.15, -0.1) is 24.0 Å². The first kappa shape index (κ1) is 14.6. The lowest BCUT2D eigenvalue weighted by Crippen LogP contribution is -2.26. The minimum atomic E-state index is 0. The van der Waals surface area contributed by atoms with Crippen LogP contribution in [0.25, 0.3) is 0 Å². The molecule has 0 aliphatic heterocycles. The Bertz CT molecular complexity index is 204. The first-order valence-corrected chi connectivity index (χ1v) is 6.13. The Balaban J connectivity index is 0.00000169. The molecule has 0 saturated heterocycles. The van der Waals surface area contributed by atoms with E-state index in [9.17, 15) is 0 Å². The zero-order chi connectivity index (χ0) is 9.90. The number of aliphatic imine (C=N–C) groups is 1. The zero-order valence-corrected chi connectivity index (χ0v) is 12.4. The SMILES string of the molecule is CSC(N)=NC1CCCC(C)(C)C1.I. The Morgan fingerprint density at radius 1 is 1.50 bits per heavy atom. The molecule has 2 N–H and O–H groups in total. The molecule has 0 radical (unpaired) electrons. The lowest BCUT2D eigenvalue weighted by molar-refractivity contribution is 0.222. The standard InChI is InChI=1S/C10H20N2S.HI/c1-10(2)6-4-5-8(7-10)12-9(11)13-3;/h8H,4-7H2,1-3H3,(H2,11,12);1H. The molecular weight excluding hydrogens is 307 g/mol. The van der Waals surface area contributed by atoms with Crippen molar-refractivity contribution in [3.8, 4) is 0 Å². The lowest BCUT2D eigenvalue weighted by atomic mass is 9.75. The normalized spacial score (nSPS) is 26.8. The van der Waals surface area contributed by atoms with Crippen LogP contribution in [0.4, 0.5) is 0 Å². The maximum absolute atomic E-state index is 5.71. The van der Waals surface area contributed by atoms with Crippen LogP contribution in [-0.2, 0) is 0 Å². The van der Waals surface area contributed by atoms with Crippen LogP contribution in [0.5, 0.6) is 0 Å². The molecule has 0 amide bonds. The average molecular weight is 328 g/mol. The van der Waals surface area contributed by atoms with E-state index >= 15 is 0 Å². The van der Waals surface area contributed by atoms with Gasteiger partial charge in [0.2, 0.25) is 0 Å². The molecule has 0 aromatic carbocycles. The summed E-state index contributed by atoms with van der Waals surface area (Å²) < 4.78 is 0. The molecule has 0 aromatic heterocycles. The molecule has 0 spiro atoms. The number of hydrogen-bond acceptors (Lipinski definition) is 2. The van der Waals surface area contributed by atoms with Crippen LogP contribution in [0.2, 0.25) is 0 Å². The molecule has 14 heavy (non-hydrogen) atoms. The molecule has 84 valence electrons. The monoisotopic (exact) mass is 328 g/mol. The summed E-state index contributed by atoms with van der Waals surface area (Å²) >= 11 is 1.55. The van der Waals surface area contributed by atoms with Crippen molar-refractivity contribution in [2.24, 2.45) is 16.1 Å². The van der Waals surface area contributed by atoms with Crippen molar-refractivity contribution in [2.75, 3.05) is 6.26 Å². The van der Waals surface area contributed by atoms with Gasteiger partial charge in [-0.3, -0.25) is 4.99 Å². The third kappa shape index (κ3) is 4.87. The molecule has 0 aromatic rings. The largest absolute Gasteiger partial charge is 0.379 e. The summed E-state index contributed by atoms with van der Waals surface area (Å²) in [6, 6.07) is 0.469. The fourth-order valence-corrected chi connectivity index (χ4v) is 2.26. The fourth-order valence-electron chi connectivity index (χ4n) is 2.00. The first-order valence-electron chi connectivity index (χ1n) is 4.91. The molecule has 1 atom stereocenters. The molecule has 1 saturated carbocycles. The van der Waals surface area contributed by atoms with Gasteiger partial charge in [-0.1, -0.05) is 32.0 Å². The van der Waals surface area contributed by atoms with Gasteiger partial charge in [0, 0.05) is 0 Å². The van der Waals surface area contributed by atoms with Gasteiger partial charge in [0.15, 0.2) is 5.17 Å². The first-order chi connectivity index (χ1) is 6.03. The Hall–Kier alpha value is 0.550. The van der Waals surface area contributed by atoms with Gasteiger partial charge in [0.1, 0.15) is 0 Å². The quantitative estimate of drug-likeness (QED) is 0.456. The topological polar surface area (TPSA) is 38.4 Å². The van der Waals surface area contributed by atoms with E-state index in [0.717, 1.165) is 5.17 Å². The second-order valence-corrected chi connectivity index (χ2v) is 5.41. The van der Waals surface area contributed by atoms with Crippen molar-refractivity contribution >= 4 is 40.9 Å². The molecule has 2 nitrogen and oxygen atoms in total. The number of hydrogen-bond donors (Lipinski definition) is 1. The van der Waals surface area contributed by atoms with Crippen molar-refractivity contribution in [3.05, 3.63) is 0 Å². The number of amidine groups is 1. The summed E-state index contributed by atoms with van der Waals surface area (Å²) in [7, 11) is 0. The van der Waals surface area contributed by atoms with Crippen LogP contribution in [0.1, 0.15) is 39.5 Å². The number of thioether (sulfide) groups is 1. The number of nitrogens with zero attached hydrogens (tertiary/aromatic N) is 1. The van der Waals surface area contributed by atoms with Gasteiger partial charge in [-0.2, -0.15) is 0 Å². The van der Waals surface area contributed by atoms with E-state index in [-0.39, 0.29) is 24.0 Å². The van der Waals surface area contributed by atoms with E-state index in [1.807, 2.05) is 6.26 Å². The highest BCUT2D eigenvalue weighted by atomic mass is 127. The van der Waals surface area contributed by atoms with E-state index in [0.29, 0.717) is 11.5 Å². The van der Waals surface area contributed by atoms with Crippen LogP contribution < -0.4 is 5.73 Å².